The standard InChI is InChI=1S/C4H9.Li/c1-3-4-2;/h1,3-4H2,2H3;/i;1-118. The fourth-order valence-electron chi connectivity index (χ4n) is 0.354. The van der Waals surface area contributed by atoms with Crippen LogP contribution in [0.5, 0.6) is 0 Å². The van der Waals surface area contributed by atoms with Gasteiger partial charge >= 0.3 is 42.6 Å². The van der Waals surface area contributed by atoms with Crippen LogP contribution in [-0.4, -0.2) is 17.7 Å². The predicted molar refractivity (Wildman–Crippen MR) is 25.5 cm³/mol. The van der Waals surface area contributed by atoms with E-state index in [1.54, 1.807) is 0 Å². The van der Waals surface area contributed by atoms with E-state index in [1.165, 1.54) is 17.9 Å². The third-order valence-corrected chi connectivity index (χ3v) is 0.707. The summed E-state index contributed by atoms with van der Waals surface area (Å²) >= 11 is 2.21. The van der Waals surface area contributed by atoms with Crippen LogP contribution in [-0.2, 0) is 0 Å². The average molecular weight is 192 g/mol. The molecule has 0 aromatic rings. The summed E-state index contributed by atoms with van der Waals surface area (Å²) in [6.07, 6.45) is 2.73. The summed E-state index contributed by atoms with van der Waals surface area (Å²) in [5.41, 5.74) is 0. The Bertz CT molecular complexity index is 11.1. The maximum absolute atomic E-state index is 2.21. The van der Waals surface area contributed by atoms with Crippen molar-refractivity contribution >= 4 is 17.7 Å². The predicted octanol–water partition coefficient (Wildman–Crippen LogP) is 1.37. The zero-order valence-corrected chi connectivity index (χ0v) is 4.12. The van der Waals surface area contributed by atoms with Crippen LogP contribution in [0, 0.1) is 0 Å². The third-order valence-electron chi connectivity index (χ3n) is 0.707. The van der Waals surface area contributed by atoms with Crippen LogP contribution in [0.1, 0.15) is 19.8 Å². The fourth-order valence-corrected chi connectivity index (χ4v) is 0.354. The van der Waals surface area contributed by atoms with Gasteiger partial charge in [0, 0.05) is 0 Å². The van der Waals surface area contributed by atoms with Gasteiger partial charge in [-0.15, -0.1) is 0 Å². The van der Waals surface area contributed by atoms with Gasteiger partial charge in [-0.2, -0.15) is 0 Å². The Hall–Kier alpha value is 0.597. The maximum atomic E-state index is 2.21. The molecule has 1 heteroatoms. The molecule has 0 radical (unpaired) electrons. The van der Waals surface area contributed by atoms with Gasteiger partial charge in [0.25, 0.3) is 0 Å². The molecule has 0 bridgehead atoms. The van der Waals surface area contributed by atoms with Crippen molar-refractivity contribution in [2.24, 2.45) is 0 Å². The van der Waals surface area contributed by atoms with Crippen molar-refractivity contribution < 1.29 is 0 Å². The molecule has 0 spiro atoms. The van der Waals surface area contributed by atoms with E-state index in [0.717, 1.165) is 0 Å². The van der Waals surface area contributed by atoms with Crippen LogP contribution >= 0.6 is 0 Å². The van der Waals surface area contributed by atoms with Crippen molar-refractivity contribution in [3.05, 3.63) is 0 Å². The molecule has 0 aromatic carbocycles. The van der Waals surface area contributed by atoms with E-state index >= 15 is 0 Å². The van der Waals surface area contributed by atoms with Crippen molar-refractivity contribution in [3.63, 3.8) is 0 Å². The number of hydrogen-bond acceptors (Lipinski definition) is 0. The van der Waals surface area contributed by atoms with Crippen molar-refractivity contribution in [2.45, 2.75) is 24.9 Å². The van der Waals surface area contributed by atoms with Crippen molar-refractivity contribution in [3.8, 4) is 0 Å². The van der Waals surface area contributed by atoms with Crippen molar-refractivity contribution in [1.82, 2.24) is 0 Å². The van der Waals surface area contributed by atoms with Gasteiger partial charge in [0.05, 0.1) is 0 Å². The van der Waals surface area contributed by atoms with Crippen LogP contribution in [0.15, 0.2) is 0 Å². The monoisotopic (exact) mass is 192 g/mol. The third kappa shape index (κ3) is 4.60. The summed E-state index contributed by atoms with van der Waals surface area (Å²) in [5.74, 6) is 0. The van der Waals surface area contributed by atoms with Gasteiger partial charge < -0.3 is 0 Å². The topological polar surface area (TPSA) is 0 Å². The molecule has 26 valence electrons. The summed E-state index contributed by atoms with van der Waals surface area (Å²) in [6, 6.07) is 0. The molecule has 0 saturated carbocycles. The van der Waals surface area contributed by atoms with E-state index in [0.29, 0.717) is 0 Å². The molecule has 5 heavy (non-hydrogen) atoms. The molecule has 0 aliphatic carbocycles. The molecule has 0 nitrogen and oxygen atoms in total. The zero-order valence-electron chi connectivity index (χ0n) is 4.12. The van der Waals surface area contributed by atoms with E-state index < -0.39 is 0 Å². The van der Waals surface area contributed by atoms with Crippen LogP contribution < -0.4 is 0 Å². The van der Waals surface area contributed by atoms with E-state index in [1.807, 2.05) is 0 Å². The van der Waals surface area contributed by atoms with Gasteiger partial charge in [-0.25, -0.2) is 0 Å². The first-order chi connectivity index (χ1) is 2.41. The molecular weight excluding hydrogens is 183 g/mol. The minimum absolute atomic E-state index is 1.34. The van der Waals surface area contributed by atoms with Gasteiger partial charge in [0.15, 0.2) is 0 Å². The van der Waals surface area contributed by atoms with E-state index in [4.69, 9.17) is 0 Å². The Labute approximate surface area is 43.2 Å². The molecular formula is C4H9Li. The molecule has 0 aromatic heterocycles. The Morgan fingerprint density at radius 3 is 2.20 bits per heavy atom. The number of rotatable bonds is 2. The van der Waals surface area contributed by atoms with Gasteiger partial charge in [0.1, 0.15) is 0 Å². The molecule has 0 unspecified atom stereocenters. The van der Waals surface area contributed by atoms with Crippen LogP contribution in [0.3, 0.4) is 0 Å². The van der Waals surface area contributed by atoms with Crippen LogP contribution in [0.25, 0.3) is 0 Å². The second-order valence-electron chi connectivity index (χ2n) is 1.35. The summed E-state index contributed by atoms with van der Waals surface area (Å²) in [4.78, 5) is 0. The SMILES string of the molecule is [135Li][CH2]CCC. The number of hydrogen-bond donors (Lipinski definition) is 0. The first-order valence-corrected chi connectivity index (χ1v) is 2.41. The quantitative estimate of drug-likeness (QED) is 0.580. The fraction of sp³-hybridized carbons (Fsp3) is 1.00. The molecule has 0 N–H and O–H groups in total. The molecule has 0 aliphatic rings. The molecule has 0 fully saturated rings. The van der Waals surface area contributed by atoms with Gasteiger partial charge in [-0.05, 0) is 0 Å². The Morgan fingerprint density at radius 2 is 2.20 bits per heavy atom. The zero-order chi connectivity index (χ0) is 4.12. The van der Waals surface area contributed by atoms with Crippen molar-refractivity contribution in [2.75, 3.05) is 0 Å². The van der Waals surface area contributed by atoms with Crippen molar-refractivity contribution in [1.29, 1.82) is 0 Å². The van der Waals surface area contributed by atoms with Crippen LogP contribution in [0.4, 0.5) is 0 Å². The molecule has 0 heterocycles. The molecule has 0 aliphatic heterocycles. The first-order valence-electron chi connectivity index (χ1n) is 2.41. The average Bonchev–Trinajstić information content (AvgIpc) is 1.41. The summed E-state index contributed by atoms with van der Waals surface area (Å²) in [6.45, 7) is 2.21. The Morgan fingerprint density at radius 1 is 1.60 bits per heavy atom. The summed E-state index contributed by atoms with van der Waals surface area (Å²) in [7, 11) is 0. The van der Waals surface area contributed by atoms with Gasteiger partial charge in [-0.1, -0.05) is 0 Å². The minimum atomic E-state index is 1.34. The Kier molecular flexibility index (Phi) is 5.15. The molecule has 0 atom stereocenters. The van der Waals surface area contributed by atoms with Crippen LogP contribution in [0.2, 0.25) is 5.09 Å². The molecule has 0 saturated heterocycles. The summed E-state index contributed by atoms with van der Waals surface area (Å²) < 4.78 is 0. The molecule has 0 rings (SSSR count). The van der Waals surface area contributed by atoms with E-state index in [-0.39, 0.29) is 0 Å². The molecule has 0 amide bonds. The van der Waals surface area contributed by atoms with E-state index in [2.05, 4.69) is 24.6 Å². The second-order valence-corrected chi connectivity index (χ2v) is 1.35. The number of unbranched alkanes of at least 4 members (excludes halogenated alkanes) is 1. The van der Waals surface area contributed by atoms with E-state index in [9.17, 15) is 0 Å². The van der Waals surface area contributed by atoms with Gasteiger partial charge in [-0.3, -0.25) is 0 Å². The normalized spacial score (nSPS) is 8.60. The second kappa shape index (κ2) is 4.60. The Balaban J connectivity index is 2.19. The summed E-state index contributed by atoms with van der Waals surface area (Å²) in [5, 5.41) is 1.34. The first kappa shape index (κ1) is 5.60. The van der Waals surface area contributed by atoms with Gasteiger partial charge in [0.2, 0.25) is 0 Å².